The zero-order chi connectivity index (χ0) is 11.5. The lowest BCUT2D eigenvalue weighted by Crippen LogP contribution is -2.18. The van der Waals surface area contributed by atoms with Crippen LogP contribution < -0.4 is 5.73 Å². The van der Waals surface area contributed by atoms with E-state index in [9.17, 15) is 0 Å². The van der Waals surface area contributed by atoms with Gasteiger partial charge in [-0.15, -0.1) is 0 Å². The normalized spacial score (nSPS) is 12.7. The fourth-order valence-electron chi connectivity index (χ4n) is 1.77. The molecular weight excluding hydrogens is 200 g/mol. The summed E-state index contributed by atoms with van der Waals surface area (Å²) in [5.41, 5.74) is 8.92. The van der Waals surface area contributed by atoms with Crippen LogP contribution in [0.3, 0.4) is 0 Å². The molecule has 0 spiro atoms. The van der Waals surface area contributed by atoms with Crippen LogP contribution in [-0.2, 0) is 6.42 Å². The van der Waals surface area contributed by atoms with Gasteiger partial charge in [0.2, 0.25) is 0 Å². The van der Waals surface area contributed by atoms with Gasteiger partial charge in [0.1, 0.15) is 0 Å². The molecule has 0 saturated heterocycles. The summed E-state index contributed by atoms with van der Waals surface area (Å²) in [6.45, 7) is 3.94. The van der Waals surface area contributed by atoms with E-state index in [-0.39, 0.29) is 6.04 Å². The monoisotopic (exact) mass is 216 g/mol. The van der Waals surface area contributed by atoms with Crippen LogP contribution in [-0.4, -0.2) is 11.2 Å². The van der Waals surface area contributed by atoms with Gasteiger partial charge in [0, 0.05) is 17.2 Å². The molecule has 2 aromatic rings. The molecule has 1 aromatic heterocycles. The van der Waals surface area contributed by atoms with Crippen molar-refractivity contribution in [1.29, 1.82) is 0 Å². The third kappa shape index (κ3) is 2.14. The molecule has 0 radical (unpaired) electrons. The van der Waals surface area contributed by atoms with Crippen LogP contribution >= 0.6 is 0 Å². The van der Waals surface area contributed by atoms with E-state index in [1.54, 1.807) is 0 Å². The maximum atomic E-state index is 5.83. The maximum absolute atomic E-state index is 5.83. The number of hydrogen-bond donors (Lipinski definition) is 1. The molecule has 16 heavy (non-hydrogen) atoms. The first-order chi connectivity index (χ1) is 7.68. The van der Waals surface area contributed by atoms with Crippen LogP contribution in [0.4, 0.5) is 0 Å². The molecule has 0 aliphatic heterocycles. The second-order valence-corrected chi connectivity index (χ2v) is 4.12. The number of benzene rings is 1. The smallest absolute Gasteiger partial charge is 0.170 e. The summed E-state index contributed by atoms with van der Waals surface area (Å²) in [4.78, 5) is 0. The average Bonchev–Trinajstić information content (AvgIpc) is 2.61. The lowest BCUT2D eigenvalue weighted by Gasteiger charge is -2.05. The number of nitrogens with zero attached hydrogens (tertiary/aromatic N) is 1. The van der Waals surface area contributed by atoms with Crippen molar-refractivity contribution in [3.8, 4) is 11.3 Å². The molecular formula is C13H16N2O. The second-order valence-electron chi connectivity index (χ2n) is 4.12. The summed E-state index contributed by atoms with van der Waals surface area (Å²) in [5.74, 6) is 0.843. The number of hydrogen-bond acceptors (Lipinski definition) is 3. The topological polar surface area (TPSA) is 52.0 Å². The summed E-state index contributed by atoms with van der Waals surface area (Å²) in [7, 11) is 0. The van der Waals surface area contributed by atoms with Crippen LogP contribution in [0.2, 0.25) is 0 Å². The van der Waals surface area contributed by atoms with Crippen molar-refractivity contribution >= 4 is 0 Å². The molecule has 1 heterocycles. The Labute approximate surface area is 95.3 Å². The highest BCUT2D eigenvalue weighted by molar-refractivity contribution is 5.61. The standard InChI is InChI=1S/C13H16N2O/c1-9(14)8-12-10(2)15-16-13(12)11-6-4-3-5-7-11/h3-7,9H,8,14H2,1-2H3. The lowest BCUT2D eigenvalue weighted by atomic mass is 10.0. The molecule has 2 N–H and O–H groups in total. The first kappa shape index (κ1) is 10.9. The Morgan fingerprint density at radius 1 is 1.31 bits per heavy atom. The van der Waals surface area contributed by atoms with Gasteiger partial charge in [-0.3, -0.25) is 0 Å². The molecule has 0 fully saturated rings. The zero-order valence-corrected chi connectivity index (χ0v) is 9.60. The predicted octanol–water partition coefficient (Wildman–Crippen LogP) is 2.54. The largest absolute Gasteiger partial charge is 0.356 e. The average molecular weight is 216 g/mol. The fourth-order valence-corrected chi connectivity index (χ4v) is 1.77. The van der Waals surface area contributed by atoms with E-state index in [0.29, 0.717) is 0 Å². The Bertz CT molecular complexity index is 460. The zero-order valence-electron chi connectivity index (χ0n) is 9.60. The highest BCUT2D eigenvalue weighted by atomic mass is 16.5. The molecule has 1 unspecified atom stereocenters. The van der Waals surface area contributed by atoms with E-state index in [0.717, 1.165) is 29.0 Å². The van der Waals surface area contributed by atoms with Crippen LogP contribution in [0.1, 0.15) is 18.2 Å². The van der Waals surface area contributed by atoms with Gasteiger partial charge in [-0.1, -0.05) is 35.5 Å². The van der Waals surface area contributed by atoms with Gasteiger partial charge < -0.3 is 10.3 Å². The van der Waals surface area contributed by atoms with Gasteiger partial charge in [-0.2, -0.15) is 0 Å². The van der Waals surface area contributed by atoms with Gasteiger partial charge >= 0.3 is 0 Å². The Kier molecular flexibility index (Phi) is 3.06. The first-order valence-corrected chi connectivity index (χ1v) is 5.44. The molecule has 0 aliphatic carbocycles. The minimum atomic E-state index is 0.112. The number of aryl methyl sites for hydroxylation is 1. The van der Waals surface area contributed by atoms with Crippen molar-refractivity contribution in [3.63, 3.8) is 0 Å². The third-order valence-corrected chi connectivity index (χ3v) is 2.55. The van der Waals surface area contributed by atoms with E-state index in [4.69, 9.17) is 10.3 Å². The molecule has 0 amide bonds. The van der Waals surface area contributed by atoms with E-state index < -0.39 is 0 Å². The van der Waals surface area contributed by atoms with Crippen molar-refractivity contribution < 1.29 is 4.52 Å². The van der Waals surface area contributed by atoms with Crippen LogP contribution in [0.15, 0.2) is 34.9 Å². The minimum Gasteiger partial charge on any atom is -0.356 e. The summed E-state index contributed by atoms with van der Waals surface area (Å²) < 4.78 is 5.38. The number of rotatable bonds is 3. The van der Waals surface area contributed by atoms with E-state index >= 15 is 0 Å². The number of nitrogens with two attached hydrogens (primary N) is 1. The van der Waals surface area contributed by atoms with Crippen molar-refractivity contribution in [3.05, 3.63) is 41.6 Å². The van der Waals surface area contributed by atoms with Crippen LogP contribution in [0.5, 0.6) is 0 Å². The first-order valence-electron chi connectivity index (χ1n) is 5.44. The van der Waals surface area contributed by atoms with Crippen molar-refractivity contribution in [2.24, 2.45) is 5.73 Å². The molecule has 84 valence electrons. The van der Waals surface area contributed by atoms with Crippen molar-refractivity contribution in [1.82, 2.24) is 5.16 Å². The van der Waals surface area contributed by atoms with Gasteiger partial charge in [0.15, 0.2) is 5.76 Å². The molecule has 3 heteroatoms. The Balaban J connectivity index is 2.42. The highest BCUT2D eigenvalue weighted by Gasteiger charge is 2.15. The van der Waals surface area contributed by atoms with Gasteiger partial charge in [0.05, 0.1) is 5.69 Å². The molecule has 1 aromatic carbocycles. The van der Waals surface area contributed by atoms with E-state index in [2.05, 4.69) is 5.16 Å². The minimum absolute atomic E-state index is 0.112. The van der Waals surface area contributed by atoms with Crippen LogP contribution in [0.25, 0.3) is 11.3 Å². The quantitative estimate of drug-likeness (QED) is 0.857. The Hall–Kier alpha value is -1.61. The van der Waals surface area contributed by atoms with Gasteiger partial charge in [-0.05, 0) is 20.3 Å². The molecule has 1 atom stereocenters. The SMILES string of the molecule is Cc1noc(-c2ccccc2)c1CC(C)N. The highest BCUT2D eigenvalue weighted by Crippen LogP contribution is 2.26. The van der Waals surface area contributed by atoms with E-state index in [1.165, 1.54) is 0 Å². The lowest BCUT2D eigenvalue weighted by molar-refractivity contribution is 0.426. The maximum Gasteiger partial charge on any atom is 0.170 e. The summed E-state index contributed by atoms with van der Waals surface area (Å²) in [6.07, 6.45) is 0.791. The number of aromatic nitrogens is 1. The predicted molar refractivity (Wildman–Crippen MR) is 64.0 cm³/mol. The summed E-state index contributed by atoms with van der Waals surface area (Å²) in [5, 5.41) is 4.02. The Morgan fingerprint density at radius 3 is 2.62 bits per heavy atom. The van der Waals surface area contributed by atoms with Gasteiger partial charge in [0.25, 0.3) is 0 Å². The van der Waals surface area contributed by atoms with Crippen molar-refractivity contribution in [2.75, 3.05) is 0 Å². The Morgan fingerprint density at radius 2 is 2.00 bits per heavy atom. The molecule has 0 bridgehead atoms. The van der Waals surface area contributed by atoms with Crippen molar-refractivity contribution in [2.45, 2.75) is 26.3 Å². The molecule has 0 saturated carbocycles. The molecule has 2 rings (SSSR count). The fraction of sp³-hybridized carbons (Fsp3) is 0.308. The third-order valence-electron chi connectivity index (χ3n) is 2.55. The summed E-state index contributed by atoms with van der Waals surface area (Å²) >= 11 is 0. The molecule has 0 aliphatic rings. The van der Waals surface area contributed by atoms with E-state index in [1.807, 2.05) is 44.2 Å². The second kappa shape index (κ2) is 4.49. The van der Waals surface area contributed by atoms with Gasteiger partial charge in [-0.25, -0.2) is 0 Å². The van der Waals surface area contributed by atoms with Crippen LogP contribution in [0, 0.1) is 6.92 Å². The summed E-state index contributed by atoms with van der Waals surface area (Å²) in [6, 6.07) is 10.1. The molecule has 3 nitrogen and oxygen atoms in total.